The maximum absolute atomic E-state index is 9.53. The maximum Gasteiger partial charge on any atom is 0.0795 e. The zero-order valence-corrected chi connectivity index (χ0v) is 9.94. The van der Waals surface area contributed by atoms with Crippen molar-refractivity contribution in [3.63, 3.8) is 0 Å². The normalized spacial score (nSPS) is 12.8. The molecule has 0 aliphatic rings. The molecule has 0 bridgehead atoms. The first kappa shape index (κ1) is 11.2. The van der Waals surface area contributed by atoms with E-state index in [9.17, 15) is 5.11 Å². The third-order valence-corrected chi connectivity index (χ3v) is 2.82. The number of halogens is 1. The van der Waals surface area contributed by atoms with Crippen LogP contribution >= 0.6 is 11.6 Å². The number of hydrogen-bond donors (Lipinski definition) is 1. The van der Waals surface area contributed by atoms with Gasteiger partial charge in [0.2, 0.25) is 0 Å². The van der Waals surface area contributed by atoms with Gasteiger partial charge in [0.15, 0.2) is 0 Å². The summed E-state index contributed by atoms with van der Waals surface area (Å²) in [7, 11) is 0. The summed E-state index contributed by atoms with van der Waals surface area (Å²) in [5, 5.41) is 14.5. The molecule has 4 heteroatoms. The molecule has 1 atom stereocenters. The molecule has 0 amide bonds. The largest absolute Gasteiger partial charge is 0.389 e. The van der Waals surface area contributed by atoms with Gasteiger partial charge in [0, 0.05) is 16.3 Å². The fraction of sp³-hybridized carbons (Fsp3) is 0.250. The molecule has 1 unspecified atom stereocenters. The first-order valence-electron chi connectivity index (χ1n) is 5.08. The van der Waals surface area contributed by atoms with Crippen LogP contribution in [0.5, 0.6) is 0 Å². The molecule has 1 aromatic carbocycles. The summed E-state index contributed by atoms with van der Waals surface area (Å²) in [6, 6.07) is 7.43. The molecule has 0 saturated heterocycles. The van der Waals surface area contributed by atoms with Crippen molar-refractivity contribution in [1.29, 1.82) is 0 Å². The molecule has 1 N–H and O–H groups in total. The minimum atomic E-state index is -0.499. The number of nitrogens with zero attached hydrogens (tertiary/aromatic N) is 2. The van der Waals surface area contributed by atoms with Crippen LogP contribution in [0.1, 0.15) is 24.3 Å². The lowest BCUT2D eigenvalue weighted by Gasteiger charge is -2.06. The van der Waals surface area contributed by atoms with Gasteiger partial charge in [-0.3, -0.25) is 0 Å². The topological polar surface area (TPSA) is 38.1 Å². The average molecular weight is 237 g/mol. The number of aliphatic hydroxyl groups excluding tert-OH is 1. The Balaban J connectivity index is 2.45. The van der Waals surface area contributed by atoms with Crippen molar-refractivity contribution in [1.82, 2.24) is 9.78 Å². The summed E-state index contributed by atoms with van der Waals surface area (Å²) < 4.78 is 1.79. The van der Waals surface area contributed by atoms with E-state index in [1.165, 1.54) is 0 Å². The Morgan fingerprint density at radius 2 is 1.94 bits per heavy atom. The SMILES string of the molecule is Cc1c(C(C)O)cnn1-c1ccc(Cl)cc1. The minimum Gasteiger partial charge on any atom is -0.389 e. The predicted octanol–water partition coefficient (Wildman–Crippen LogP) is 2.89. The monoisotopic (exact) mass is 236 g/mol. The number of rotatable bonds is 2. The Morgan fingerprint density at radius 3 is 2.44 bits per heavy atom. The van der Waals surface area contributed by atoms with Gasteiger partial charge in [-0.2, -0.15) is 5.10 Å². The highest BCUT2D eigenvalue weighted by Crippen LogP contribution is 2.20. The molecule has 2 rings (SSSR count). The van der Waals surface area contributed by atoms with E-state index in [0.29, 0.717) is 5.02 Å². The fourth-order valence-electron chi connectivity index (χ4n) is 1.68. The highest BCUT2D eigenvalue weighted by atomic mass is 35.5. The van der Waals surface area contributed by atoms with Crippen molar-refractivity contribution in [2.45, 2.75) is 20.0 Å². The molecule has 1 aromatic heterocycles. The summed E-state index contributed by atoms with van der Waals surface area (Å²) in [4.78, 5) is 0. The second-order valence-electron chi connectivity index (χ2n) is 3.75. The van der Waals surface area contributed by atoms with Crippen LogP contribution in [-0.2, 0) is 0 Å². The van der Waals surface area contributed by atoms with Gasteiger partial charge in [0.05, 0.1) is 18.0 Å². The fourth-order valence-corrected chi connectivity index (χ4v) is 1.80. The van der Waals surface area contributed by atoms with Crippen molar-refractivity contribution in [2.75, 3.05) is 0 Å². The van der Waals surface area contributed by atoms with Crippen LogP contribution in [0.15, 0.2) is 30.5 Å². The van der Waals surface area contributed by atoms with Gasteiger partial charge in [-0.05, 0) is 38.1 Å². The molecule has 0 aliphatic heterocycles. The Labute approximate surface area is 99.3 Å². The lowest BCUT2D eigenvalue weighted by atomic mass is 10.2. The highest BCUT2D eigenvalue weighted by molar-refractivity contribution is 6.30. The Morgan fingerprint density at radius 1 is 1.31 bits per heavy atom. The van der Waals surface area contributed by atoms with Gasteiger partial charge in [0.1, 0.15) is 0 Å². The van der Waals surface area contributed by atoms with Crippen molar-refractivity contribution in [3.8, 4) is 5.69 Å². The van der Waals surface area contributed by atoms with Gasteiger partial charge in [-0.15, -0.1) is 0 Å². The molecule has 2 aromatic rings. The molecule has 0 fully saturated rings. The van der Waals surface area contributed by atoms with Gasteiger partial charge >= 0.3 is 0 Å². The average Bonchev–Trinajstić information content (AvgIpc) is 2.61. The third kappa shape index (κ3) is 1.96. The summed E-state index contributed by atoms with van der Waals surface area (Å²) in [5.74, 6) is 0. The van der Waals surface area contributed by atoms with Gasteiger partial charge in [-0.1, -0.05) is 11.6 Å². The van der Waals surface area contributed by atoms with Crippen LogP contribution in [-0.4, -0.2) is 14.9 Å². The molecule has 0 radical (unpaired) electrons. The third-order valence-electron chi connectivity index (χ3n) is 2.57. The van der Waals surface area contributed by atoms with Crippen LogP contribution in [0, 0.1) is 6.92 Å². The van der Waals surface area contributed by atoms with Gasteiger partial charge in [0.25, 0.3) is 0 Å². The predicted molar refractivity (Wildman–Crippen MR) is 63.9 cm³/mol. The summed E-state index contributed by atoms with van der Waals surface area (Å²) in [5.41, 5.74) is 2.72. The zero-order valence-electron chi connectivity index (χ0n) is 9.18. The lowest BCUT2D eigenvalue weighted by Crippen LogP contribution is -2.00. The van der Waals surface area contributed by atoms with Crippen molar-refractivity contribution in [2.24, 2.45) is 0 Å². The Bertz CT molecular complexity index is 488. The quantitative estimate of drug-likeness (QED) is 0.871. The molecule has 1 heterocycles. The number of hydrogen-bond acceptors (Lipinski definition) is 2. The van der Waals surface area contributed by atoms with E-state index in [1.807, 2.05) is 31.2 Å². The van der Waals surface area contributed by atoms with Crippen LogP contribution < -0.4 is 0 Å². The second kappa shape index (κ2) is 4.28. The first-order valence-corrected chi connectivity index (χ1v) is 5.46. The molecule has 3 nitrogen and oxygen atoms in total. The summed E-state index contributed by atoms with van der Waals surface area (Å²) in [6.07, 6.45) is 1.19. The van der Waals surface area contributed by atoms with E-state index < -0.39 is 6.10 Å². The van der Waals surface area contributed by atoms with Crippen LogP contribution in [0.4, 0.5) is 0 Å². The smallest absolute Gasteiger partial charge is 0.0795 e. The molecular formula is C12H13ClN2O. The van der Waals surface area contributed by atoms with E-state index in [4.69, 9.17) is 11.6 Å². The van der Waals surface area contributed by atoms with E-state index >= 15 is 0 Å². The van der Waals surface area contributed by atoms with Crippen LogP contribution in [0.25, 0.3) is 5.69 Å². The standard InChI is InChI=1S/C12H13ClN2O/c1-8-12(9(2)16)7-14-15(8)11-5-3-10(13)4-6-11/h3-7,9,16H,1-2H3. The molecule has 16 heavy (non-hydrogen) atoms. The Kier molecular flexibility index (Phi) is 2.99. The number of aromatic nitrogens is 2. The highest BCUT2D eigenvalue weighted by Gasteiger charge is 2.11. The maximum atomic E-state index is 9.53. The van der Waals surface area contributed by atoms with Crippen LogP contribution in [0.2, 0.25) is 5.02 Å². The zero-order chi connectivity index (χ0) is 11.7. The van der Waals surface area contributed by atoms with Crippen molar-refractivity contribution in [3.05, 3.63) is 46.7 Å². The van der Waals surface area contributed by atoms with Gasteiger partial charge < -0.3 is 5.11 Å². The van der Waals surface area contributed by atoms with E-state index in [2.05, 4.69) is 5.10 Å². The number of benzene rings is 1. The molecular weight excluding hydrogens is 224 g/mol. The van der Waals surface area contributed by atoms with E-state index in [-0.39, 0.29) is 0 Å². The van der Waals surface area contributed by atoms with E-state index in [1.54, 1.807) is 17.8 Å². The summed E-state index contributed by atoms with van der Waals surface area (Å²) in [6.45, 7) is 3.67. The van der Waals surface area contributed by atoms with E-state index in [0.717, 1.165) is 16.9 Å². The number of aliphatic hydroxyl groups is 1. The Hall–Kier alpha value is -1.32. The van der Waals surface area contributed by atoms with Crippen molar-refractivity contribution >= 4 is 11.6 Å². The molecule has 0 aliphatic carbocycles. The molecule has 0 saturated carbocycles. The summed E-state index contributed by atoms with van der Waals surface area (Å²) >= 11 is 5.82. The molecule has 84 valence electrons. The lowest BCUT2D eigenvalue weighted by molar-refractivity contribution is 0.198. The minimum absolute atomic E-state index is 0.499. The molecule has 0 spiro atoms. The van der Waals surface area contributed by atoms with Crippen LogP contribution in [0.3, 0.4) is 0 Å². The first-order chi connectivity index (χ1) is 7.59. The second-order valence-corrected chi connectivity index (χ2v) is 4.19. The van der Waals surface area contributed by atoms with Gasteiger partial charge in [-0.25, -0.2) is 4.68 Å². The van der Waals surface area contributed by atoms with Crippen molar-refractivity contribution < 1.29 is 5.11 Å².